The zero-order chi connectivity index (χ0) is 21.2. The number of hydrogen-bond acceptors (Lipinski definition) is 5. The van der Waals surface area contributed by atoms with Gasteiger partial charge in [-0.15, -0.1) is 0 Å². The van der Waals surface area contributed by atoms with Crippen molar-refractivity contribution < 1.29 is 23.9 Å². The predicted molar refractivity (Wildman–Crippen MR) is 107 cm³/mol. The number of carbonyl (C=O) groups is 3. The first kappa shape index (κ1) is 21.1. The second-order valence-electron chi connectivity index (χ2n) is 9.14. The van der Waals surface area contributed by atoms with E-state index in [-0.39, 0.29) is 31.1 Å². The molecule has 2 fully saturated rings. The fourth-order valence-corrected chi connectivity index (χ4v) is 4.84. The largest absolute Gasteiger partial charge is 0.490 e. The van der Waals surface area contributed by atoms with Gasteiger partial charge in [0.25, 0.3) is 5.91 Å². The van der Waals surface area contributed by atoms with Crippen molar-refractivity contribution in [2.24, 2.45) is 11.3 Å². The number of nitrogens with one attached hydrogen (secondary N) is 1. The van der Waals surface area contributed by atoms with Gasteiger partial charge in [0.05, 0.1) is 0 Å². The molecule has 1 saturated carbocycles. The molecule has 0 unspecified atom stereocenters. The van der Waals surface area contributed by atoms with Crippen molar-refractivity contribution in [1.29, 1.82) is 0 Å². The number of esters is 1. The van der Waals surface area contributed by atoms with E-state index in [4.69, 9.17) is 9.47 Å². The Hall–Kier alpha value is -2.57. The molecule has 1 aliphatic heterocycles. The Morgan fingerprint density at radius 2 is 2.00 bits per heavy atom. The molecular weight excluding hydrogens is 372 g/mol. The third kappa shape index (κ3) is 4.89. The molecule has 7 heteroatoms. The zero-order valence-corrected chi connectivity index (χ0v) is 17.6. The number of hydrogen-bond donors (Lipinski definition) is 1. The minimum absolute atomic E-state index is 0.0473. The number of aryl methyl sites for hydroxylation is 1. The van der Waals surface area contributed by atoms with Gasteiger partial charge in [-0.1, -0.05) is 32.9 Å². The van der Waals surface area contributed by atoms with Gasteiger partial charge in [-0.2, -0.15) is 0 Å². The third-order valence-corrected chi connectivity index (χ3v) is 5.52. The Labute approximate surface area is 171 Å². The Kier molecular flexibility index (Phi) is 5.87. The van der Waals surface area contributed by atoms with Crippen molar-refractivity contribution in [2.45, 2.75) is 52.5 Å². The summed E-state index contributed by atoms with van der Waals surface area (Å²) in [6.45, 7) is 8.13. The summed E-state index contributed by atoms with van der Waals surface area (Å²) in [5.41, 5.74) is 0.115. The van der Waals surface area contributed by atoms with Crippen LogP contribution in [-0.2, 0) is 14.3 Å². The highest BCUT2D eigenvalue weighted by Gasteiger charge is 2.56. The van der Waals surface area contributed by atoms with Gasteiger partial charge in [-0.25, -0.2) is 4.79 Å². The first-order valence-corrected chi connectivity index (χ1v) is 10.1. The van der Waals surface area contributed by atoms with E-state index in [1.54, 1.807) is 0 Å². The van der Waals surface area contributed by atoms with Gasteiger partial charge in [-0.05, 0) is 55.2 Å². The normalized spacial score (nSPS) is 25.8. The van der Waals surface area contributed by atoms with Crippen molar-refractivity contribution in [3.8, 4) is 5.75 Å². The number of urea groups is 1. The highest BCUT2D eigenvalue weighted by Crippen LogP contribution is 2.46. The van der Waals surface area contributed by atoms with E-state index < -0.39 is 17.5 Å². The van der Waals surface area contributed by atoms with Crippen LogP contribution in [0, 0.1) is 18.3 Å². The lowest BCUT2D eigenvalue weighted by Gasteiger charge is -2.43. The van der Waals surface area contributed by atoms with Crippen LogP contribution in [-0.4, -0.2) is 48.1 Å². The topological polar surface area (TPSA) is 84.9 Å². The van der Waals surface area contributed by atoms with Crippen molar-refractivity contribution in [2.75, 3.05) is 19.8 Å². The molecule has 1 aromatic rings. The maximum atomic E-state index is 13.0. The SMILES string of the molecule is Cc1cccc(OCCOC(=O)CN2C(=O)N[C@]3(C[C@@H](C)CC(C)(C)C3)C2=O)c1. The molecule has 0 radical (unpaired) electrons. The van der Waals surface area contributed by atoms with Gasteiger partial charge >= 0.3 is 12.0 Å². The van der Waals surface area contributed by atoms with Gasteiger partial charge in [0.2, 0.25) is 0 Å². The van der Waals surface area contributed by atoms with E-state index in [1.165, 1.54) is 0 Å². The first-order chi connectivity index (χ1) is 13.6. The highest BCUT2D eigenvalue weighted by molar-refractivity contribution is 6.08. The standard InChI is InChI=1S/C22H30N2O5/c1-15-6-5-7-17(10-15)28-8-9-29-18(25)13-24-19(26)22(23-20(24)27)12-16(2)11-21(3,4)14-22/h5-7,10,16H,8-9,11-14H2,1-4H3,(H,23,27)/t16-,22-/m0/s1. The molecule has 2 atom stereocenters. The van der Waals surface area contributed by atoms with Crippen LogP contribution >= 0.6 is 0 Å². The molecule has 0 bridgehead atoms. The summed E-state index contributed by atoms with van der Waals surface area (Å²) >= 11 is 0. The lowest BCUT2D eigenvalue weighted by atomic mass is 9.64. The minimum atomic E-state index is -0.910. The van der Waals surface area contributed by atoms with E-state index in [2.05, 4.69) is 26.1 Å². The van der Waals surface area contributed by atoms with Crippen LogP contribution < -0.4 is 10.1 Å². The van der Waals surface area contributed by atoms with Crippen LogP contribution in [0.3, 0.4) is 0 Å². The molecule has 0 aromatic heterocycles. The summed E-state index contributed by atoms with van der Waals surface area (Å²) in [5.74, 6) is 0.0661. The number of benzene rings is 1. The molecule has 1 spiro atoms. The molecule has 1 saturated heterocycles. The number of amides is 3. The molecule has 158 valence electrons. The van der Waals surface area contributed by atoms with Crippen molar-refractivity contribution in [1.82, 2.24) is 10.2 Å². The summed E-state index contributed by atoms with van der Waals surface area (Å²) in [6.07, 6.45) is 2.17. The summed E-state index contributed by atoms with van der Waals surface area (Å²) in [4.78, 5) is 38.6. The average Bonchev–Trinajstić information content (AvgIpc) is 2.80. The Morgan fingerprint density at radius 3 is 2.69 bits per heavy atom. The van der Waals surface area contributed by atoms with Crippen LogP contribution in [0.25, 0.3) is 0 Å². The highest BCUT2D eigenvalue weighted by atomic mass is 16.6. The van der Waals surface area contributed by atoms with Crippen LogP contribution in [0.15, 0.2) is 24.3 Å². The fraction of sp³-hybridized carbons (Fsp3) is 0.591. The molecule has 1 N–H and O–H groups in total. The van der Waals surface area contributed by atoms with Crippen LogP contribution in [0.4, 0.5) is 4.79 Å². The number of imide groups is 1. The van der Waals surface area contributed by atoms with Crippen molar-refractivity contribution in [3.63, 3.8) is 0 Å². The summed E-state index contributed by atoms with van der Waals surface area (Å²) < 4.78 is 10.7. The molecule has 1 aliphatic carbocycles. The third-order valence-electron chi connectivity index (χ3n) is 5.52. The molecule has 2 aliphatic rings. The van der Waals surface area contributed by atoms with E-state index in [1.807, 2.05) is 31.2 Å². The van der Waals surface area contributed by atoms with Crippen LogP contribution in [0.5, 0.6) is 5.75 Å². The van der Waals surface area contributed by atoms with Gasteiger partial charge in [-0.3, -0.25) is 14.5 Å². The van der Waals surface area contributed by atoms with Gasteiger partial charge in [0.15, 0.2) is 0 Å². The first-order valence-electron chi connectivity index (χ1n) is 10.1. The summed E-state index contributed by atoms with van der Waals surface area (Å²) in [6, 6.07) is 7.05. The molecule has 1 aromatic carbocycles. The number of carbonyl (C=O) groups excluding carboxylic acids is 3. The molecule has 7 nitrogen and oxygen atoms in total. The maximum Gasteiger partial charge on any atom is 0.326 e. The molecule has 29 heavy (non-hydrogen) atoms. The molecular formula is C22H30N2O5. The fourth-order valence-electron chi connectivity index (χ4n) is 4.84. The van der Waals surface area contributed by atoms with Crippen molar-refractivity contribution in [3.05, 3.63) is 29.8 Å². The lowest BCUT2D eigenvalue weighted by Crippen LogP contribution is -2.54. The second kappa shape index (κ2) is 8.05. The van der Waals surface area contributed by atoms with E-state index >= 15 is 0 Å². The zero-order valence-electron chi connectivity index (χ0n) is 17.6. The van der Waals surface area contributed by atoms with Gasteiger partial charge < -0.3 is 14.8 Å². The molecule has 1 heterocycles. The molecule has 3 rings (SSSR count). The Balaban J connectivity index is 1.51. The Bertz CT molecular complexity index is 806. The Morgan fingerprint density at radius 1 is 1.24 bits per heavy atom. The van der Waals surface area contributed by atoms with Gasteiger partial charge in [0.1, 0.15) is 31.0 Å². The number of rotatable bonds is 6. The van der Waals surface area contributed by atoms with Crippen LogP contribution in [0.2, 0.25) is 0 Å². The molecule has 3 amide bonds. The number of ether oxygens (including phenoxy) is 2. The van der Waals surface area contributed by atoms with Gasteiger partial charge in [0, 0.05) is 0 Å². The van der Waals surface area contributed by atoms with E-state index in [9.17, 15) is 14.4 Å². The predicted octanol–water partition coefficient (Wildman–Crippen LogP) is 3.05. The van der Waals surface area contributed by atoms with Crippen molar-refractivity contribution >= 4 is 17.9 Å². The van der Waals surface area contributed by atoms with Crippen LogP contribution in [0.1, 0.15) is 45.6 Å². The quantitative estimate of drug-likeness (QED) is 0.449. The second-order valence-corrected chi connectivity index (χ2v) is 9.14. The monoisotopic (exact) mass is 402 g/mol. The van der Waals surface area contributed by atoms with E-state index in [0.29, 0.717) is 24.5 Å². The minimum Gasteiger partial charge on any atom is -0.490 e. The lowest BCUT2D eigenvalue weighted by molar-refractivity contribution is -0.149. The average molecular weight is 402 g/mol. The maximum absolute atomic E-state index is 13.0. The smallest absolute Gasteiger partial charge is 0.326 e. The summed E-state index contributed by atoms with van der Waals surface area (Å²) in [7, 11) is 0. The summed E-state index contributed by atoms with van der Waals surface area (Å²) in [5, 5.41) is 2.86. The number of nitrogens with zero attached hydrogens (tertiary/aromatic N) is 1. The van der Waals surface area contributed by atoms with E-state index in [0.717, 1.165) is 16.9 Å².